The number of morpholine rings is 1. The molecule has 0 atom stereocenters. The summed E-state index contributed by atoms with van der Waals surface area (Å²) in [6, 6.07) is 3.17. The molecule has 7 nitrogen and oxygen atoms in total. The average Bonchev–Trinajstić information content (AvgIpc) is 2.99. The molecule has 0 N–H and O–H groups in total. The van der Waals surface area contributed by atoms with Crippen molar-refractivity contribution in [3.05, 3.63) is 18.0 Å². The maximum absolute atomic E-state index is 13.0. The Balaban J connectivity index is 1.66. The van der Waals surface area contributed by atoms with Gasteiger partial charge in [0.05, 0.1) is 12.2 Å². The lowest BCUT2D eigenvalue weighted by Gasteiger charge is -2.45. The van der Waals surface area contributed by atoms with Crippen LogP contribution in [0.2, 0.25) is 0 Å². The minimum absolute atomic E-state index is 0.0696. The van der Waals surface area contributed by atoms with E-state index in [1.807, 2.05) is 4.90 Å². The Labute approximate surface area is 135 Å². The summed E-state index contributed by atoms with van der Waals surface area (Å²) in [5.41, 5.74) is -0.243. The number of ether oxygens (including phenoxy) is 2. The number of aromatic nitrogens is 4. The molecule has 0 bridgehead atoms. The van der Waals surface area contributed by atoms with Gasteiger partial charge in [-0.2, -0.15) is 17.7 Å². The molecule has 0 unspecified atom stereocenters. The van der Waals surface area contributed by atoms with E-state index in [1.54, 1.807) is 6.07 Å². The number of anilines is 1. The quantitative estimate of drug-likeness (QED) is 0.782. The van der Waals surface area contributed by atoms with Crippen LogP contribution in [0.3, 0.4) is 0 Å². The molecule has 0 amide bonds. The summed E-state index contributed by atoms with van der Waals surface area (Å²) in [7, 11) is 0. The third-order valence-corrected chi connectivity index (χ3v) is 4.48. The van der Waals surface area contributed by atoms with E-state index in [0.717, 1.165) is 17.4 Å². The molecule has 2 aromatic heterocycles. The monoisotopic (exact) mass is 343 g/mol. The molecule has 24 heavy (non-hydrogen) atoms. The first-order valence-corrected chi connectivity index (χ1v) is 7.73. The number of hydrogen-bond acceptors (Lipinski definition) is 6. The predicted octanol–water partition coefficient (Wildman–Crippen LogP) is 1.53. The number of nitrogens with zero attached hydrogens (tertiary/aromatic N) is 5. The lowest BCUT2D eigenvalue weighted by atomic mass is 9.92. The van der Waals surface area contributed by atoms with E-state index < -0.39 is 12.0 Å². The van der Waals surface area contributed by atoms with E-state index in [0.29, 0.717) is 38.7 Å². The largest absolute Gasteiger partial charge is 0.453 e. The van der Waals surface area contributed by atoms with Crippen LogP contribution in [-0.4, -0.2) is 58.3 Å². The van der Waals surface area contributed by atoms with Gasteiger partial charge in [0.1, 0.15) is 5.82 Å². The van der Waals surface area contributed by atoms with E-state index in [4.69, 9.17) is 9.47 Å². The minimum atomic E-state index is -4.60. The topological polar surface area (TPSA) is 64.8 Å². The zero-order valence-corrected chi connectivity index (χ0v) is 12.8. The fraction of sp³-hybridized carbons (Fsp3) is 0.643. The van der Waals surface area contributed by atoms with E-state index in [2.05, 4.69) is 15.3 Å². The first-order chi connectivity index (χ1) is 11.5. The second-order valence-electron chi connectivity index (χ2n) is 6.05. The maximum atomic E-state index is 13.0. The Morgan fingerprint density at radius 2 is 1.88 bits per heavy atom. The SMILES string of the molecule is FC(F)(F)c1nnc2ccc(N3CCOC4(CCOCC4)C3)nn12. The molecular formula is C14H16F3N5O2. The highest BCUT2D eigenvalue weighted by molar-refractivity contribution is 5.46. The van der Waals surface area contributed by atoms with Crippen molar-refractivity contribution in [2.45, 2.75) is 24.6 Å². The van der Waals surface area contributed by atoms with Crippen LogP contribution in [0.4, 0.5) is 19.0 Å². The van der Waals surface area contributed by atoms with Crippen LogP contribution in [0.25, 0.3) is 5.65 Å². The number of rotatable bonds is 1. The predicted molar refractivity (Wildman–Crippen MR) is 76.7 cm³/mol. The molecule has 0 radical (unpaired) electrons. The smallest absolute Gasteiger partial charge is 0.381 e. The van der Waals surface area contributed by atoms with Gasteiger partial charge in [0, 0.05) is 39.1 Å². The van der Waals surface area contributed by atoms with Crippen LogP contribution in [0.1, 0.15) is 18.7 Å². The molecule has 0 saturated carbocycles. The Morgan fingerprint density at radius 1 is 1.08 bits per heavy atom. The number of fused-ring (bicyclic) bond motifs is 1. The van der Waals surface area contributed by atoms with Crippen molar-refractivity contribution in [3.63, 3.8) is 0 Å². The molecule has 1 spiro atoms. The third-order valence-electron chi connectivity index (χ3n) is 4.48. The van der Waals surface area contributed by atoms with Crippen molar-refractivity contribution in [2.75, 3.05) is 37.8 Å². The zero-order valence-electron chi connectivity index (χ0n) is 12.8. The van der Waals surface area contributed by atoms with Crippen LogP contribution in [0.5, 0.6) is 0 Å². The van der Waals surface area contributed by atoms with Gasteiger partial charge in [0.25, 0.3) is 5.82 Å². The van der Waals surface area contributed by atoms with Crippen molar-refractivity contribution in [3.8, 4) is 0 Å². The highest BCUT2D eigenvalue weighted by atomic mass is 19.4. The van der Waals surface area contributed by atoms with Gasteiger partial charge in [-0.15, -0.1) is 15.3 Å². The molecule has 10 heteroatoms. The molecular weight excluding hydrogens is 327 g/mol. The number of alkyl halides is 3. The van der Waals surface area contributed by atoms with Crippen LogP contribution >= 0.6 is 0 Å². The molecule has 2 aliphatic heterocycles. The molecule has 4 heterocycles. The summed E-state index contributed by atoms with van der Waals surface area (Å²) in [5, 5.41) is 10.8. The molecule has 0 aromatic carbocycles. The highest BCUT2D eigenvalue weighted by Gasteiger charge is 2.40. The van der Waals surface area contributed by atoms with Crippen molar-refractivity contribution in [1.82, 2.24) is 19.8 Å². The van der Waals surface area contributed by atoms with Gasteiger partial charge in [0.2, 0.25) is 0 Å². The minimum Gasteiger partial charge on any atom is -0.381 e. The third kappa shape index (κ3) is 2.69. The van der Waals surface area contributed by atoms with Crippen LogP contribution < -0.4 is 4.90 Å². The Morgan fingerprint density at radius 3 is 2.62 bits per heavy atom. The van der Waals surface area contributed by atoms with Crippen molar-refractivity contribution in [1.29, 1.82) is 0 Å². The maximum Gasteiger partial charge on any atom is 0.453 e. The summed E-state index contributed by atoms with van der Waals surface area (Å²) in [6.07, 6.45) is -3.06. The van der Waals surface area contributed by atoms with Gasteiger partial charge in [-0.3, -0.25) is 0 Å². The average molecular weight is 343 g/mol. The zero-order chi connectivity index (χ0) is 16.8. The number of halogens is 3. The van der Waals surface area contributed by atoms with Gasteiger partial charge in [0.15, 0.2) is 5.65 Å². The molecule has 2 saturated heterocycles. The van der Waals surface area contributed by atoms with Gasteiger partial charge < -0.3 is 14.4 Å². The fourth-order valence-corrected chi connectivity index (χ4v) is 3.21. The van der Waals surface area contributed by atoms with E-state index >= 15 is 0 Å². The summed E-state index contributed by atoms with van der Waals surface area (Å²) in [4.78, 5) is 1.95. The van der Waals surface area contributed by atoms with E-state index in [1.165, 1.54) is 6.07 Å². The number of hydrogen-bond donors (Lipinski definition) is 0. The van der Waals surface area contributed by atoms with E-state index in [9.17, 15) is 13.2 Å². The van der Waals surface area contributed by atoms with Gasteiger partial charge >= 0.3 is 6.18 Å². The fourth-order valence-electron chi connectivity index (χ4n) is 3.21. The Hall–Kier alpha value is -1.94. The van der Waals surface area contributed by atoms with Gasteiger partial charge in [-0.05, 0) is 12.1 Å². The van der Waals surface area contributed by atoms with Crippen molar-refractivity contribution < 1.29 is 22.6 Å². The Bertz CT molecular complexity index is 736. The molecule has 4 rings (SSSR count). The first kappa shape index (κ1) is 15.6. The molecule has 2 aromatic rings. The first-order valence-electron chi connectivity index (χ1n) is 7.73. The van der Waals surface area contributed by atoms with Gasteiger partial charge in [-0.25, -0.2) is 0 Å². The summed E-state index contributed by atoms with van der Waals surface area (Å²) < 4.78 is 51.1. The standard InChI is InChI=1S/C14H16F3N5O2/c15-14(16,17)12-19-18-10-1-2-11(20-22(10)12)21-5-8-24-13(9-21)3-6-23-7-4-13/h1-2H,3-9H2. The van der Waals surface area contributed by atoms with Crippen molar-refractivity contribution >= 4 is 11.5 Å². The van der Waals surface area contributed by atoms with Gasteiger partial charge in [-0.1, -0.05) is 0 Å². The summed E-state index contributed by atoms with van der Waals surface area (Å²) >= 11 is 0. The second kappa shape index (κ2) is 5.55. The van der Waals surface area contributed by atoms with Crippen LogP contribution in [-0.2, 0) is 15.7 Å². The van der Waals surface area contributed by atoms with Crippen LogP contribution in [0.15, 0.2) is 12.1 Å². The second-order valence-corrected chi connectivity index (χ2v) is 6.05. The highest BCUT2D eigenvalue weighted by Crippen LogP contribution is 2.32. The summed E-state index contributed by atoms with van der Waals surface area (Å²) in [5.74, 6) is -0.657. The molecule has 2 aliphatic rings. The van der Waals surface area contributed by atoms with Crippen molar-refractivity contribution in [2.24, 2.45) is 0 Å². The molecule has 0 aliphatic carbocycles. The molecule has 2 fully saturated rings. The summed E-state index contributed by atoms with van der Waals surface area (Å²) in [6.45, 7) is 2.92. The normalized spacial score (nSPS) is 21.5. The van der Waals surface area contributed by atoms with Crippen LogP contribution in [0, 0.1) is 0 Å². The molecule has 130 valence electrons. The van der Waals surface area contributed by atoms with E-state index in [-0.39, 0.29) is 11.2 Å². The lowest BCUT2D eigenvalue weighted by molar-refractivity contribution is -0.146. The lowest BCUT2D eigenvalue weighted by Crippen LogP contribution is -2.54. The Kier molecular flexibility index (Phi) is 3.61.